The highest BCUT2D eigenvalue weighted by molar-refractivity contribution is 6.30. The predicted octanol–water partition coefficient (Wildman–Crippen LogP) is 4.28. The molecule has 136 valence electrons. The Hall–Kier alpha value is -2.76. The third kappa shape index (κ3) is 4.45. The number of nitrogens with two attached hydrogens (primary N) is 1. The highest BCUT2D eigenvalue weighted by atomic mass is 35.5. The summed E-state index contributed by atoms with van der Waals surface area (Å²) in [4.78, 5) is 16.8. The summed E-state index contributed by atoms with van der Waals surface area (Å²) < 4.78 is 10.1. The molecule has 2 N–H and O–H groups in total. The lowest BCUT2D eigenvalue weighted by atomic mass is 9.98. The van der Waals surface area contributed by atoms with Gasteiger partial charge >= 0.3 is 5.97 Å². The Morgan fingerprint density at radius 3 is 2.15 bits per heavy atom. The SMILES string of the molecule is COC(=O)C=C(OC)c1ccccc1C(ON)=C(C)c1ccc(Cl)cc1. The van der Waals surface area contributed by atoms with Gasteiger partial charge in [0, 0.05) is 21.7 Å². The normalized spacial score (nSPS) is 12.3. The van der Waals surface area contributed by atoms with Crippen molar-refractivity contribution in [2.75, 3.05) is 14.2 Å². The van der Waals surface area contributed by atoms with E-state index in [9.17, 15) is 4.79 Å². The lowest BCUT2D eigenvalue weighted by Crippen LogP contribution is -2.06. The molecule has 6 heteroatoms. The summed E-state index contributed by atoms with van der Waals surface area (Å²) in [7, 11) is 2.78. The molecule has 0 saturated carbocycles. The minimum Gasteiger partial charge on any atom is -0.496 e. The number of carbonyl (C=O) groups excluding carboxylic acids is 1. The molecule has 0 aromatic heterocycles. The van der Waals surface area contributed by atoms with E-state index in [1.54, 1.807) is 12.1 Å². The second-order valence-corrected chi connectivity index (χ2v) is 5.80. The predicted molar refractivity (Wildman–Crippen MR) is 103 cm³/mol. The molecule has 0 atom stereocenters. The van der Waals surface area contributed by atoms with Crippen LogP contribution in [0.3, 0.4) is 0 Å². The molecule has 0 aliphatic rings. The second kappa shape index (κ2) is 9.08. The number of hydrogen-bond acceptors (Lipinski definition) is 5. The van der Waals surface area contributed by atoms with E-state index < -0.39 is 5.97 Å². The van der Waals surface area contributed by atoms with Crippen molar-refractivity contribution < 1.29 is 19.1 Å². The Labute approximate surface area is 157 Å². The summed E-state index contributed by atoms with van der Waals surface area (Å²) in [6.07, 6.45) is 1.27. The van der Waals surface area contributed by atoms with Gasteiger partial charge in [0.15, 0.2) is 5.76 Å². The zero-order valence-electron chi connectivity index (χ0n) is 14.8. The lowest BCUT2D eigenvalue weighted by Gasteiger charge is -2.16. The summed E-state index contributed by atoms with van der Waals surface area (Å²) in [6, 6.07) is 14.6. The fourth-order valence-corrected chi connectivity index (χ4v) is 2.62. The molecule has 2 aromatic rings. The third-order valence-corrected chi connectivity index (χ3v) is 4.09. The highest BCUT2D eigenvalue weighted by Gasteiger charge is 2.17. The van der Waals surface area contributed by atoms with Gasteiger partial charge in [-0.25, -0.2) is 4.79 Å². The number of methoxy groups -OCH3 is 2. The molecule has 0 aliphatic carbocycles. The molecule has 0 unspecified atom stereocenters. The van der Waals surface area contributed by atoms with Crippen LogP contribution in [-0.2, 0) is 19.1 Å². The van der Waals surface area contributed by atoms with Crippen molar-refractivity contribution in [3.8, 4) is 0 Å². The lowest BCUT2D eigenvalue weighted by molar-refractivity contribution is -0.134. The van der Waals surface area contributed by atoms with E-state index in [1.807, 2.05) is 43.3 Å². The van der Waals surface area contributed by atoms with E-state index in [2.05, 4.69) is 4.74 Å². The van der Waals surface area contributed by atoms with Crippen molar-refractivity contribution in [2.24, 2.45) is 5.90 Å². The van der Waals surface area contributed by atoms with Crippen LogP contribution in [0, 0.1) is 0 Å². The zero-order valence-corrected chi connectivity index (χ0v) is 15.5. The molecule has 26 heavy (non-hydrogen) atoms. The topological polar surface area (TPSA) is 70.8 Å². The maximum atomic E-state index is 11.6. The average Bonchev–Trinajstić information content (AvgIpc) is 2.67. The number of allylic oxidation sites excluding steroid dienone is 1. The van der Waals surface area contributed by atoms with Crippen molar-refractivity contribution in [3.63, 3.8) is 0 Å². The molecule has 0 amide bonds. The Morgan fingerprint density at radius 1 is 1.00 bits per heavy atom. The van der Waals surface area contributed by atoms with Gasteiger partial charge in [-0.1, -0.05) is 48.0 Å². The highest BCUT2D eigenvalue weighted by Crippen LogP contribution is 2.32. The number of halogens is 1. The summed E-state index contributed by atoms with van der Waals surface area (Å²) in [5.41, 5.74) is 3.04. The first kappa shape index (κ1) is 19.6. The van der Waals surface area contributed by atoms with Gasteiger partial charge in [0.25, 0.3) is 0 Å². The van der Waals surface area contributed by atoms with Crippen LogP contribution in [0.4, 0.5) is 0 Å². The van der Waals surface area contributed by atoms with Crippen molar-refractivity contribution in [2.45, 2.75) is 6.92 Å². The number of esters is 1. The molecule has 2 aromatic carbocycles. The van der Waals surface area contributed by atoms with E-state index in [-0.39, 0.29) is 0 Å². The number of hydrogen-bond donors (Lipinski definition) is 1. The Kier molecular flexibility index (Phi) is 6.83. The largest absolute Gasteiger partial charge is 0.496 e. The minimum atomic E-state index is -0.523. The van der Waals surface area contributed by atoms with E-state index in [0.29, 0.717) is 27.7 Å². The maximum Gasteiger partial charge on any atom is 0.334 e. The van der Waals surface area contributed by atoms with Crippen molar-refractivity contribution in [1.29, 1.82) is 0 Å². The van der Waals surface area contributed by atoms with Crippen LogP contribution < -0.4 is 5.90 Å². The number of benzene rings is 2. The molecule has 2 rings (SSSR count). The Morgan fingerprint density at radius 2 is 1.62 bits per heavy atom. The molecular formula is C20H20ClNO4. The van der Waals surface area contributed by atoms with E-state index in [1.165, 1.54) is 20.3 Å². The molecule has 0 bridgehead atoms. The van der Waals surface area contributed by atoms with Crippen molar-refractivity contribution in [3.05, 3.63) is 76.3 Å². The van der Waals surface area contributed by atoms with E-state index in [0.717, 1.165) is 11.1 Å². The van der Waals surface area contributed by atoms with Crippen LogP contribution in [0.25, 0.3) is 17.1 Å². The quantitative estimate of drug-likeness (QED) is 0.269. The smallest absolute Gasteiger partial charge is 0.334 e. The van der Waals surface area contributed by atoms with Gasteiger partial charge in [0.2, 0.25) is 0 Å². The van der Waals surface area contributed by atoms with E-state index in [4.69, 9.17) is 27.1 Å². The molecule has 0 spiro atoms. The maximum absolute atomic E-state index is 11.6. The van der Waals surface area contributed by atoms with Gasteiger partial charge in [0.05, 0.1) is 20.3 Å². The zero-order chi connectivity index (χ0) is 19.1. The first-order valence-corrected chi connectivity index (χ1v) is 8.16. The standard InChI is InChI=1S/C20H20ClNO4/c1-13(14-8-10-15(21)11-9-14)20(26-22)17-7-5-4-6-16(17)18(24-2)12-19(23)25-3/h4-12H,22H2,1-3H3. The summed E-state index contributed by atoms with van der Waals surface area (Å²) in [5, 5.41) is 0.639. The minimum absolute atomic E-state index is 0.339. The van der Waals surface area contributed by atoms with Crippen molar-refractivity contribution >= 4 is 34.7 Å². The van der Waals surface area contributed by atoms with Gasteiger partial charge in [-0.3, -0.25) is 0 Å². The summed E-state index contributed by atoms with van der Waals surface area (Å²) in [5.74, 6) is 5.85. The molecule has 0 heterocycles. The number of ether oxygens (including phenoxy) is 2. The number of rotatable bonds is 6. The van der Waals surface area contributed by atoms with Gasteiger partial charge < -0.3 is 14.3 Å². The second-order valence-electron chi connectivity index (χ2n) is 5.36. The van der Waals surface area contributed by atoms with Crippen LogP contribution in [-0.4, -0.2) is 20.2 Å². The van der Waals surface area contributed by atoms with Gasteiger partial charge in [-0.2, -0.15) is 5.90 Å². The first-order chi connectivity index (χ1) is 12.5. The third-order valence-electron chi connectivity index (χ3n) is 3.84. The van der Waals surface area contributed by atoms with Gasteiger partial charge in [-0.15, -0.1) is 0 Å². The average molecular weight is 374 g/mol. The molecular weight excluding hydrogens is 354 g/mol. The van der Waals surface area contributed by atoms with Crippen LogP contribution in [0.15, 0.2) is 54.6 Å². The van der Waals surface area contributed by atoms with Gasteiger partial charge in [-0.05, 0) is 24.6 Å². The summed E-state index contributed by atoms with van der Waals surface area (Å²) in [6.45, 7) is 1.89. The fourth-order valence-electron chi connectivity index (χ4n) is 2.49. The summed E-state index contributed by atoms with van der Waals surface area (Å²) >= 11 is 5.95. The molecule has 0 fully saturated rings. The van der Waals surface area contributed by atoms with Gasteiger partial charge in [0.1, 0.15) is 5.76 Å². The first-order valence-electron chi connectivity index (χ1n) is 7.78. The number of carbonyl (C=O) groups is 1. The van der Waals surface area contributed by atoms with Crippen molar-refractivity contribution in [1.82, 2.24) is 0 Å². The Bertz CT molecular complexity index is 841. The molecule has 5 nitrogen and oxygen atoms in total. The monoisotopic (exact) mass is 373 g/mol. The van der Waals surface area contributed by atoms with E-state index >= 15 is 0 Å². The van der Waals surface area contributed by atoms with Crippen LogP contribution in [0.2, 0.25) is 5.02 Å². The fraction of sp³-hybridized carbons (Fsp3) is 0.150. The van der Waals surface area contributed by atoms with Crippen LogP contribution in [0.1, 0.15) is 23.6 Å². The molecule has 0 saturated heterocycles. The molecule has 0 radical (unpaired) electrons. The van der Waals surface area contributed by atoms with Crippen LogP contribution >= 0.6 is 11.6 Å². The Balaban J connectivity index is 2.62. The molecule has 0 aliphatic heterocycles. The van der Waals surface area contributed by atoms with Crippen LogP contribution in [0.5, 0.6) is 0 Å².